The molecule has 0 atom stereocenters. The molecule has 1 fully saturated rings. The number of rotatable bonds is 3. The summed E-state index contributed by atoms with van der Waals surface area (Å²) < 4.78 is 38.6. The van der Waals surface area contributed by atoms with Gasteiger partial charge in [0.05, 0.1) is 11.3 Å². The fourth-order valence-corrected chi connectivity index (χ4v) is 3.36. The molecule has 1 saturated heterocycles. The van der Waals surface area contributed by atoms with Crippen LogP contribution in [-0.4, -0.2) is 43.5 Å². The molecule has 1 aromatic carbocycles. The fraction of sp³-hybridized carbons (Fsp3) is 0.571. The third-order valence-corrected chi connectivity index (χ3v) is 4.41. The molecule has 0 unspecified atom stereocenters. The van der Waals surface area contributed by atoms with Gasteiger partial charge in [-0.1, -0.05) is 0 Å². The Kier molecular flexibility index (Phi) is 5.80. The lowest BCUT2D eigenvalue weighted by Crippen LogP contribution is -2.32. The van der Waals surface area contributed by atoms with Crippen LogP contribution in [0.3, 0.4) is 0 Å². The van der Waals surface area contributed by atoms with Crippen molar-refractivity contribution in [3.8, 4) is 0 Å². The summed E-state index contributed by atoms with van der Waals surface area (Å²) in [5.74, 6) is 0.601. The molecule has 0 saturated carbocycles. The third-order valence-electron chi connectivity index (χ3n) is 3.60. The highest BCUT2D eigenvalue weighted by Crippen LogP contribution is 2.35. The van der Waals surface area contributed by atoms with Crippen molar-refractivity contribution in [3.63, 3.8) is 0 Å². The average molecular weight is 386 g/mol. The van der Waals surface area contributed by atoms with Crippen LogP contribution < -0.4 is 4.90 Å². The molecule has 1 aliphatic rings. The molecule has 21 heavy (non-hydrogen) atoms. The van der Waals surface area contributed by atoms with Crippen molar-refractivity contribution in [3.05, 3.63) is 28.2 Å². The van der Waals surface area contributed by atoms with Crippen molar-refractivity contribution < 1.29 is 13.2 Å². The van der Waals surface area contributed by atoms with E-state index in [1.54, 1.807) is 6.07 Å². The Morgan fingerprint density at radius 2 is 1.90 bits per heavy atom. The quantitative estimate of drug-likeness (QED) is 0.719. The van der Waals surface area contributed by atoms with Crippen molar-refractivity contribution in [2.45, 2.75) is 12.6 Å². The molecule has 0 spiro atoms. The van der Waals surface area contributed by atoms with Gasteiger partial charge in [-0.3, -0.25) is 0 Å². The SMILES string of the molecule is FC(F)(F)c1ccc(N2CCCN(CCCl)CC2)c(Br)c1. The lowest BCUT2D eigenvalue weighted by Gasteiger charge is -2.25. The van der Waals surface area contributed by atoms with Crippen LogP contribution in [0.2, 0.25) is 0 Å². The van der Waals surface area contributed by atoms with E-state index in [0.717, 1.165) is 57.0 Å². The van der Waals surface area contributed by atoms with Crippen LogP contribution in [0, 0.1) is 0 Å². The van der Waals surface area contributed by atoms with Crippen LogP contribution in [0.15, 0.2) is 22.7 Å². The second-order valence-electron chi connectivity index (χ2n) is 5.04. The van der Waals surface area contributed by atoms with Crippen molar-refractivity contribution in [2.75, 3.05) is 43.5 Å². The monoisotopic (exact) mass is 384 g/mol. The Labute approximate surface area is 136 Å². The zero-order valence-electron chi connectivity index (χ0n) is 11.5. The van der Waals surface area contributed by atoms with Gasteiger partial charge in [0.15, 0.2) is 0 Å². The van der Waals surface area contributed by atoms with E-state index < -0.39 is 11.7 Å². The van der Waals surface area contributed by atoms with Gasteiger partial charge in [-0.15, -0.1) is 11.6 Å². The highest BCUT2D eigenvalue weighted by atomic mass is 79.9. The summed E-state index contributed by atoms with van der Waals surface area (Å²) >= 11 is 9.03. The minimum Gasteiger partial charge on any atom is -0.369 e. The summed E-state index contributed by atoms with van der Waals surface area (Å²) in [6.07, 6.45) is -3.33. The van der Waals surface area contributed by atoms with E-state index in [-0.39, 0.29) is 0 Å². The number of halogens is 5. The molecule has 1 aliphatic heterocycles. The number of hydrogen-bond donors (Lipinski definition) is 0. The Hall–Kier alpha value is -0.460. The van der Waals surface area contributed by atoms with Crippen molar-refractivity contribution in [1.82, 2.24) is 4.90 Å². The molecule has 118 valence electrons. The van der Waals surface area contributed by atoms with E-state index in [9.17, 15) is 13.2 Å². The fourth-order valence-electron chi connectivity index (χ4n) is 2.49. The molecule has 0 amide bonds. The minimum atomic E-state index is -4.31. The average Bonchev–Trinajstić information content (AvgIpc) is 2.64. The van der Waals surface area contributed by atoms with Gasteiger partial charge >= 0.3 is 6.18 Å². The molecular weight excluding hydrogens is 369 g/mol. The number of alkyl halides is 4. The summed E-state index contributed by atoms with van der Waals surface area (Å²) in [4.78, 5) is 4.41. The van der Waals surface area contributed by atoms with Crippen LogP contribution in [0.4, 0.5) is 18.9 Å². The summed E-state index contributed by atoms with van der Waals surface area (Å²) in [5, 5.41) is 0. The van der Waals surface area contributed by atoms with Crippen molar-refractivity contribution in [1.29, 1.82) is 0 Å². The zero-order valence-corrected chi connectivity index (χ0v) is 13.8. The smallest absolute Gasteiger partial charge is 0.369 e. The van der Waals surface area contributed by atoms with Crippen LogP contribution in [0.25, 0.3) is 0 Å². The maximum atomic E-state index is 12.7. The zero-order chi connectivity index (χ0) is 15.5. The molecule has 2 nitrogen and oxygen atoms in total. The predicted octanol–water partition coefficient (Wildman–Crippen LogP) is 4.22. The molecular formula is C14H17BrClF3N2. The maximum absolute atomic E-state index is 12.7. The van der Waals surface area contributed by atoms with Gasteiger partial charge in [0.1, 0.15) is 0 Å². The van der Waals surface area contributed by atoms with Gasteiger partial charge in [0, 0.05) is 36.5 Å². The normalized spacial score (nSPS) is 17.9. The van der Waals surface area contributed by atoms with E-state index in [1.807, 2.05) is 0 Å². The molecule has 0 aromatic heterocycles. The Morgan fingerprint density at radius 1 is 1.14 bits per heavy atom. The lowest BCUT2D eigenvalue weighted by molar-refractivity contribution is -0.137. The summed E-state index contributed by atoms with van der Waals surface area (Å²) in [7, 11) is 0. The van der Waals surface area contributed by atoms with Crippen LogP contribution in [0.1, 0.15) is 12.0 Å². The summed E-state index contributed by atoms with van der Waals surface area (Å²) in [6, 6.07) is 3.84. The predicted molar refractivity (Wildman–Crippen MR) is 83.1 cm³/mol. The first-order valence-corrected chi connectivity index (χ1v) is 8.14. The van der Waals surface area contributed by atoms with Crippen LogP contribution >= 0.6 is 27.5 Å². The largest absolute Gasteiger partial charge is 0.416 e. The van der Waals surface area contributed by atoms with Gasteiger partial charge in [-0.05, 0) is 47.1 Å². The molecule has 0 bridgehead atoms. The van der Waals surface area contributed by atoms with Gasteiger partial charge in [-0.2, -0.15) is 13.2 Å². The number of hydrogen-bond acceptors (Lipinski definition) is 2. The van der Waals surface area contributed by atoms with Crippen molar-refractivity contribution >= 4 is 33.2 Å². The molecule has 7 heteroatoms. The second kappa shape index (κ2) is 7.20. The standard InChI is InChI=1S/C14H17BrClF3N2/c15-12-10-11(14(17,18)19)2-3-13(12)21-6-1-5-20(7-4-16)8-9-21/h2-3,10H,1,4-9H2. The summed E-state index contributed by atoms with van der Waals surface area (Å²) in [6.45, 7) is 4.33. The van der Waals surface area contributed by atoms with E-state index in [0.29, 0.717) is 10.4 Å². The summed E-state index contributed by atoms with van der Waals surface area (Å²) in [5.41, 5.74) is 0.187. The minimum absolute atomic E-state index is 0.489. The molecule has 0 aliphatic carbocycles. The molecule has 2 rings (SSSR count). The number of nitrogens with zero attached hydrogens (tertiary/aromatic N) is 2. The van der Waals surface area contributed by atoms with Gasteiger partial charge in [-0.25, -0.2) is 0 Å². The third kappa shape index (κ3) is 4.50. The Balaban J connectivity index is 2.11. The first kappa shape index (κ1) is 16.9. The first-order chi connectivity index (χ1) is 9.91. The van der Waals surface area contributed by atoms with E-state index in [1.165, 1.54) is 0 Å². The van der Waals surface area contributed by atoms with Gasteiger partial charge < -0.3 is 9.80 Å². The van der Waals surface area contributed by atoms with Crippen molar-refractivity contribution in [2.24, 2.45) is 0 Å². The Morgan fingerprint density at radius 3 is 2.52 bits per heavy atom. The van der Waals surface area contributed by atoms with E-state index in [4.69, 9.17) is 11.6 Å². The number of benzene rings is 1. The van der Waals surface area contributed by atoms with Crippen LogP contribution in [-0.2, 0) is 6.18 Å². The maximum Gasteiger partial charge on any atom is 0.416 e. The second-order valence-corrected chi connectivity index (χ2v) is 6.27. The molecule has 1 heterocycles. The topological polar surface area (TPSA) is 6.48 Å². The molecule has 0 N–H and O–H groups in total. The molecule has 1 aromatic rings. The lowest BCUT2D eigenvalue weighted by atomic mass is 10.2. The van der Waals surface area contributed by atoms with E-state index in [2.05, 4.69) is 25.7 Å². The number of anilines is 1. The Bertz CT molecular complexity index is 482. The highest BCUT2D eigenvalue weighted by Gasteiger charge is 2.31. The van der Waals surface area contributed by atoms with E-state index >= 15 is 0 Å². The first-order valence-electron chi connectivity index (χ1n) is 6.82. The molecule has 0 radical (unpaired) electrons. The van der Waals surface area contributed by atoms with Gasteiger partial charge in [0.2, 0.25) is 0 Å². The van der Waals surface area contributed by atoms with Gasteiger partial charge in [0.25, 0.3) is 0 Å². The highest BCUT2D eigenvalue weighted by molar-refractivity contribution is 9.10. The van der Waals surface area contributed by atoms with Crippen LogP contribution in [0.5, 0.6) is 0 Å².